The number of para-hydroxylation sites is 1. The molecule has 0 radical (unpaired) electrons. The van der Waals surface area contributed by atoms with Gasteiger partial charge in [-0.05, 0) is 48.7 Å². The molecule has 0 saturated heterocycles. The molecule has 0 spiro atoms. The first-order chi connectivity index (χ1) is 13.2. The van der Waals surface area contributed by atoms with Crippen molar-refractivity contribution in [3.63, 3.8) is 0 Å². The lowest BCUT2D eigenvalue weighted by atomic mass is 10.3. The van der Waals surface area contributed by atoms with Crippen molar-refractivity contribution in [1.82, 2.24) is 5.43 Å². The van der Waals surface area contributed by atoms with Crippen LogP contribution in [0.3, 0.4) is 0 Å². The van der Waals surface area contributed by atoms with Gasteiger partial charge in [0.1, 0.15) is 29.6 Å². The van der Waals surface area contributed by atoms with Crippen molar-refractivity contribution >= 4 is 12.1 Å². The van der Waals surface area contributed by atoms with E-state index in [1.54, 1.807) is 12.1 Å². The predicted molar refractivity (Wildman–Crippen MR) is 99.8 cm³/mol. The van der Waals surface area contributed by atoms with Crippen LogP contribution in [-0.2, 0) is 6.61 Å². The highest BCUT2D eigenvalue weighted by Gasteiger charge is 2.36. The molecule has 2 heterocycles. The summed E-state index contributed by atoms with van der Waals surface area (Å²) in [5, 5.41) is 3.92. The van der Waals surface area contributed by atoms with Crippen LogP contribution in [0.2, 0.25) is 0 Å². The first kappa shape index (κ1) is 17.1. The second kappa shape index (κ2) is 7.53. The van der Waals surface area contributed by atoms with Crippen molar-refractivity contribution in [3.05, 3.63) is 77.6 Å². The normalized spacial score (nSPS) is 18.6. The minimum absolute atomic E-state index is 0.172. The molecule has 0 unspecified atom stereocenters. The topological polar surface area (TPSA) is 77.0 Å². The second-order valence-corrected chi connectivity index (χ2v) is 6.63. The minimum atomic E-state index is -0.431. The maximum atomic E-state index is 12.1. The lowest BCUT2D eigenvalue weighted by Gasteiger charge is -2.03. The number of ether oxygens (including phenoxy) is 1. The number of nitrogens with one attached hydrogen (secondary N) is 1. The Balaban J connectivity index is 1.28. The number of rotatable bonds is 7. The highest BCUT2D eigenvalue weighted by atomic mass is 16.5. The Morgan fingerprint density at radius 2 is 2.00 bits per heavy atom. The molecular formula is C21H20N2O4. The Bertz CT molecular complexity index is 942. The molecule has 0 bridgehead atoms. The van der Waals surface area contributed by atoms with Gasteiger partial charge in [-0.25, -0.2) is 5.43 Å². The molecule has 2 atom stereocenters. The lowest BCUT2D eigenvalue weighted by molar-refractivity contribution is 0.0923. The van der Waals surface area contributed by atoms with Gasteiger partial charge in [0.05, 0.1) is 6.21 Å². The molecule has 1 aliphatic carbocycles. The summed E-state index contributed by atoms with van der Waals surface area (Å²) in [5.74, 6) is 3.82. The lowest BCUT2D eigenvalue weighted by Crippen LogP contribution is -2.16. The Hall–Kier alpha value is -3.28. The monoisotopic (exact) mass is 364 g/mol. The van der Waals surface area contributed by atoms with Crippen LogP contribution in [0.4, 0.5) is 0 Å². The predicted octanol–water partition coefficient (Wildman–Crippen LogP) is 4.34. The summed E-state index contributed by atoms with van der Waals surface area (Å²) in [6.45, 7) is 2.44. The van der Waals surface area contributed by atoms with Crippen molar-refractivity contribution in [2.24, 2.45) is 11.0 Å². The van der Waals surface area contributed by atoms with E-state index >= 15 is 0 Å². The fourth-order valence-corrected chi connectivity index (χ4v) is 2.81. The number of amides is 1. The third-order valence-corrected chi connectivity index (χ3v) is 4.49. The van der Waals surface area contributed by atoms with Crippen LogP contribution in [0.25, 0.3) is 0 Å². The zero-order chi connectivity index (χ0) is 18.6. The standard InChI is InChI=1S/C21H20N2O4/c1-14-11-18(14)19-9-7-16(26-19)12-22-23-21(24)20-10-8-17(27-20)13-25-15-5-3-2-4-6-15/h2-10,12,14,18H,11,13H2,1H3,(H,23,24)/b22-12-/t14-,18+/m1/s1. The molecule has 27 heavy (non-hydrogen) atoms. The number of furan rings is 2. The summed E-state index contributed by atoms with van der Waals surface area (Å²) >= 11 is 0. The zero-order valence-corrected chi connectivity index (χ0v) is 14.9. The molecular weight excluding hydrogens is 344 g/mol. The largest absolute Gasteiger partial charge is 0.486 e. The number of carbonyl (C=O) groups is 1. The van der Waals surface area contributed by atoms with Crippen molar-refractivity contribution in [2.75, 3.05) is 0 Å². The van der Waals surface area contributed by atoms with E-state index in [9.17, 15) is 4.79 Å². The number of hydrazone groups is 1. The van der Waals surface area contributed by atoms with E-state index in [2.05, 4.69) is 17.5 Å². The zero-order valence-electron chi connectivity index (χ0n) is 14.9. The molecule has 4 rings (SSSR count). The SMILES string of the molecule is C[C@@H]1C[C@@H]1c1ccc(/C=N\NC(=O)c2ccc(COc3ccccc3)o2)o1. The highest BCUT2D eigenvalue weighted by Crippen LogP contribution is 2.47. The average Bonchev–Trinajstić information content (AvgIpc) is 3.09. The van der Waals surface area contributed by atoms with Gasteiger partial charge in [-0.15, -0.1) is 0 Å². The molecule has 1 saturated carbocycles. The number of nitrogens with zero attached hydrogens (tertiary/aromatic N) is 1. The molecule has 3 aromatic rings. The first-order valence-electron chi connectivity index (χ1n) is 8.89. The van der Waals surface area contributed by atoms with E-state index in [-0.39, 0.29) is 12.4 Å². The summed E-state index contributed by atoms with van der Waals surface area (Å²) in [6.07, 6.45) is 2.65. The average molecular weight is 364 g/mol. The molecule has 138 valence electrons. The molecule has 2 aromatic heterocycles. The summed E-state index contributed by atoms with van der Waals surface area (Å²) in [7, 11) is 0. The third kappa shape index (κ3) is 4.28. The van der Waals surface area contributed by atoms with Gasteiger partial charge < -0.3 is 13.6 Å². The van der Waals surface area contributed by atoms with E-state index < -0.39 is 5.91 Å². The number of carbonyl (C=O) groups excluding carboxylic acids is 1. The minimum Gasteiger partial charge on any atom is -0.486 e. The molecule has 1 aromatic carbocycles. The maximum absolute atomic E-state index is 12.1. The van der Waals surface area contributed by atoms with Gasteiger partial charge in [-0.1, -0.05) is 25.1 Å². The Kier molecular flexibility index (Phi) is 4.78. The van der Waals surface area contributed by atoms with E-state index in [1.165, 1.54) is 6.21 Å². The highest BCUT2D eigenvalue weighted by molar-refractivity contribution is 5.92. The van der Waals surface area contributed by atoms with Crippen LogP contribution in [0.15, 0.2) is 68.5 Å². The van der Waals surface area contributed by atoms with Gasteiger partial charge in [-0.3, -0.25) is 4.79 Å². The van der Waals surface area contributed by atoms with Crippen LogP contribution < -0.4 is 10.2 Å². The van der Waals surface area contributed by atoms with Crippen molar-refractivity contribution in [1.29, 1.82) is 0 Å². The van der Waals surface area contributed by atoms with Gasteiger partial charge in [0.15, 0.2) is 5.76 Å². The Labute approximate surface area is 156 Å². The smallest absolute Gasteiger partial charge is 0.307 e. The molecule has 1 aliphatic rings. The first-order valence-corrected chi connectivity index (χ1v) is 8.89. The second-order valence-electron chi connectivity index (χ2n) is 6.63. The quantitative estimate of drug-likeness (QED) is 0.500. The summed E-state index contributed by atoms with van der Waals surface area (Å²) in [4.78, 5) is 12.1. The van der Waals surface area contributed by atoms with Crippen LogP contribution in [0.1, 0.15) is 47.1 Å². The molecule has 0 aliphatic heterocycles. The number of hydrogen-bond donors (Lipinski definition) is 1. The summed E-state index contributed by atoms with van der Waals surface area (Å²) in [6, 6.07) is 16.5. The fourth-order valence-electron chi connectivity index (χ4n) is 2.81. The van der Waals surface area contributed by atoms with Crippen LogP contribution in [-0.4, -0.2) is 12.1 Å². The molecule has 6 heteroatoms. The molecule has 1 fully saturated rings. The van der Waals surface area contributed by atoms with Crippen LogP contribution in [0.5, 0.6) is 5.75 Å². The van der Waals surface area contributed by atoms with Gasteiger partial charge >= 0.3 is 5.91 Å². The summed E-state index contributed by atoms with van der Waals surface area (Å²) in [5.41, 5.74) is 2.43. The number of hydrogen-bond acceptors (Lipinski definition) is 5. The van der Waals surface area contributed by atoms with Gasteiger partial charge in [-0.2, -0.15) is 5.10 Å². The van der Waals surface area contributed by atoms with Gasteiger partial charge in [0, 0.05) is 5.92 Å². The van der Waals surface area contributed by atoms with Crippen molar-refractivity contribution in [2.45, 2.75) is 25.9 Å². The fraction of sp³-hybridized carbons (Fsp3) is 0.238. The van der Waals surface area contributed by atoms with Crippen molar-refractivity contribution in [3.8, 4) is 5.75 Å². The van der Waals surface area contributed by atoms with Crippen molar-refractivity contribution < 1.29 is 18.4 Å². The maximum Gasteiger partial charge on any atom is 0.307 e. The van der Waals surface area contributed by atoms with Gasteiger partial charge in [0.2, 0.25) is 0 Å². The third-order valence-electron chi connectivity index (χ3n) is 4.49. The van der Waals surface area contributed by atoms with Crippen LogP contribution >= 0.6 is 0 Å². The number of benzene rings is 1. The molecule has 1 N–H and O–H groups in total. The summed E-state index contributed by atoms with van der Waals surface area (Å²) < 4.78 is 16.8. The van der Waals surface area contributed by atoms with Gasteiger partial charge in [0.25, 0.3) is 0 Å². The molecule has 6 nitrogen and oxygen atoms in total. The Morgan fingerprint density at radius 1 is 1.19 bits per heavy atom. The van der Waals surface area contributed by atoms with E-state index in [0.717, 1.165) is 17.9 Å². The molecule has 1 amide bonds. The Morgan fingerprint density at radius 3 is 2.78 bits per heavy atom. The van der Waals surface area contributed by atoms with E-state index in [1.807, 2.05) is 42.5 Å². The van der Waals surface area contributed by atoms with Crippen LogP contribution in [0, 0.1) is 5.92 Å². The van der Waals surface area contributed by atoms with E-state index in [4.69, 9.17) is 13.6 Å². The van der Waals surface area contributed by atoms with E-state index in [0.29, 0.717) is 23.4 Å².